The fourth-order valence-electron chi connectivity index (χ4n) is 2.27. The molecule has 0 spiro atoms. The van der Waals surface area contributed by atoms with Crippen LogP contribution < -0.4 is 14.2 Å². The first-order valence-electron chi connectivity index (χ1n) is 7.17. The predicted octanol–water partition coefficient (Wildman–Crippen LogP) is 1.89. The summed E-state index contributed by atoms with van der Waals surface area (Å²) in [4.78, 5) is 10.7. The molecule has 3 rings (SSSR count). The van der Waals surface area contributed by atoms with Crippen molar-refractivity contribution in [2.45, 2.75) is 11.3 Å². The number of ether oxygens (including phenoxy) is 2. The molecule has 1 heterocycles. The number of nitrogens with one attached hydrogen (secondary N) is 1. The van der Waals surface area contributed by atoms with Crippen molar-refractivity contribution in [3.63, 3.8) is 0 Å². The summed E-state index contributed by atoms with van der Waals surface area (Å²) in [5, 5.41) is 8.73. The van der Waals surface area contributed by atoms with Gasteiger partial charge in [-0.05, 0) is 29.8 Å². The highest BCUT2D eigenvalue weighted by atomic mass is 32.2. The van der Waals surface area contributed by atoms with Crippen molar-refractivity contribution >= 4 is 21.7 Å². The molecule has 0 aliphatic carbocycles. The summed E-state index contributed by atoms with van der Waals surface area (Å²) in [6.07, 6.45) is -0.116. The maximum atomic E-state index is 12.4. The van der Waals surface area contributed by atoms with Crippen LogP contribution in [-0.2, 0) is 21.2 Å². The number of carboxylic acids is 1. The molecule has 2 aromatic rings. The van der Waals surface area contributed by atoms with E-state index in [1.807, 2.05) is 0 Å². The van der Waals surface area contributed by atoms with E-state index in [4.69, 9.17) is 14.6 Å². The molecule has 126 valence electrons. The third kappa shape index (κ3) is 3.60. The lowest BCUT2D eigenvalue weighted by Gasteiger charge is -2.19. The Morgan fingerprint density at radius 3 is 2.38 bits per heavy atom. The third-order valence-corrected chi connectivity index (χ3v) is 4.76. The van der Waals surface area contributed by atoms with Crippen molar-refractivity contribution in [1.29, 1.82) is 0 Å². The zero-order chi connectivity index (χ0) is 17.2. The van der Waals surface area contributed by atoms with Gasteiger partial charge in [-0.1, -0.05) is 12.1 Å². The van der Waals surface area contributed by atoms with E-state index in [0.29, 0.717) is 36.0 Å². The topological polar surface area (TPSA) is 102 Å². The summed E-state index contributed by atoms with van der Waals surface area (Å²) in [6.45, 7) is 0.801. The Kier molecular flexibility index (Phi) is 4.30. The molecule has 0 aromatic heterocycles. The smallest absolute Gasteiger partial charge is 0.307 e. The van der Waals surface area contributed by atoms with E-state index >= 15 is 0 Å². The molecule has 2 N–H and O–H groups in total. The van der Waals surface area contributed by atoms with Crippen LogP contribution in [0.15, 0.2) is 47.4 Å². The number of rotatable bonds is 5. The second-order valence-corrected chi connectivity index (χ2v) is 6.86. The summed E-state index contributed by atoms with van der Waals surface area (Å²) in [5.74, 6) is -0.0428. The second-order valence-electron chi connectivity index (χ2n) is 5.18. The van der Waals surface area contributed by atoms with E-state index in [1.165, 1.54) is 24.3 Å². The summed E-state index contributed by atoms with van der Waals surface area (Å²) in [7, 11) is -3.78. The van der Waals surface area contributed by atoms with Gasteiger partial charge < -0.3 is 14.6 Å². The van der Waals surface area contributed by atoms with Crippen molar-refractivity contribution in [3.8, 4) is 11.5 Å². The van der Waals surface area contributed by atoms with Crippen LogP contribution in [0, 0.1) is 0 Å². The van der Waals surface area contributed by atoms with Crippen LogP contribution in [0.25, 0.3) is 0 Å². The van der Waals surface area contributed by atoms with Gasteiger partial charge in [-0.2, -0.15) is 0 Å². The molecule has 1 aliphatic rings. The van der Waals surface area contributed by atoms with Crippen LogP contribution in [0.4, 0.5) is 5.69 Å². The van der Waals surface area contributed by atoms with Crippen LogP contribution in [0.2, 0.25) is 0 Å². The number of benzene rings is 2. The minimum Gasteiger partial charge on any atom is -0.486 e. The molecule has 0 fully saturated rings. The zero-order valence-electron chi connectivity index (χ0n) is 12.6. The van der Waals surface area contributed by atoms with E-state index < -0.39 is 16.0 Å². The minimum absolute atomic E-state index is 0.0568. The van der Waals surface area contributed by atoms with E-state index in [-0.39, 0.29) is 11.3 Å². The highest BCUT2D eigenvalue weighted by Crippen LogP contribution is 2.32. The number of sulfonamides is 1. The number of carbonyl (C=O) groups is 1. The number of hydrogen-bond acceptors (Lipinski definition) is 5. The van der Waals surface area contributed by atoms with Crippen molar-refractivity contribution in [2.75, 3.05) is 17.9 Å². The summed E-state index contributed by atoms with van der Waals surface area (Å²) in [5.41, 5.74) is 0.934. The Morgan fingerprint density at radius 2 is 1.71 bits per heavy atom. The van der Waals surface area contributed by atoms with Crippen LogP contribution in [0.1, 0.15) is 5.56 Å². The molecule has 0 atom stereocenters. The van der Waals surface area contributed by atoms with Gasteiger partial charge in [0, 0.05) is 11.8 Å². The van der Waals surface area contributed by atoms with Crippen LogP contribution >= 0.6 is 0 Å². The van der Waals surface area contributed by atoms with Gasteiger partial charge in [0.15, 0.2) is 11.5 Å². The van der Waals surface area contributed by atoms with Crippen molar-refractivity contribution in [3.05, 3.63) is 48.0 Å². The van der Waals surface area contributed by atoms with E-state index in [9.17, 15) is 13.2 Å². The fraction of sp³-hybridized carbons (Fsp3) is 0.188. The number of hydrogen-bond donors (Lipinski definition) is 2. The zero-order valence-corrected chi connectivity index (χ0v) is 13.4. The van der Waals surface area contributed by atoms with Crippen LogP contribution in [0.3, 0.4) is 0 Å². The summed E-state index contributed by atoms with van der Waals surface area (Å²) in [6, 6.07) is 10.6. The van der Waals surface area contributed by atoms with Crippen molar-refractivity contribution in [2.24, 2.45) is 0 Å². The Bertz CT molecular complexity index is 861. The van der Waals surface area contributed by atoms with Gasteiger partial charge in [0.2, 0.25) is 0 Å². The molecule has 0 saturated carbocycles. The molecule has 2 aromatic carbocycles. The standard InChI is InChI=1S/C16H15NO6S/c18-16(19)9-11-1-3-12(4-2-11)17-24(20,21)13-5-6-14-15(10-13)23-8-7-22-14/h1-6,10,17H,7-9H2,(H,18,19). The number of carboxylic acid groups (broad SMARTS) is 1. The number of fused-ring (bicyclic) bond motifs is 1. The molecule has 0 amide bonds. The van der Waals surface area contributed by atoms with Gasteiger partial charge in [0.25, 0.3) is 10.0 Å². The lowest BCUT2D eigenvalue weighted by molar-refractivity contribution is -0.136. The van der Waals surface area contributed by atoms with E-state index in [2.05, 4.69) is 4.72 Å². The van der Waals surface area contributed by atoms with Gasteiger partial charge in [0.1, 0.15) is 13.2 Å². The monoisotopic (exact) mass is 349 g/mol. The summed E-state index contributed by atoms with van der Waals surface area (Å²) < 4.78 is 38.1. The SMILES string of the molecule is O=C(O)Cc1ccc(NS(=O)(=O)c2ccc3c(c2)OCCO3)cc1. The highest BCUT2D eigenvalue weighted by molar-refractivity contribution is 7.92. The molecule has 7 nitrogen and oxygen atoms in total. The van der Waals surface area contributed by atoms with E-state index in [0.717, 1.165) is 0 Å². The molecule has 1 aliphatic heterocycles. The van der Waals surface area contributed by atoms with Crippen molar-refractivity contribution in [1.82, 2.24) is 0 Å². The maximum Gasteiger partial charge on any atom is 0.307 e. The van der Waals surface area contributed by atoms with Gasteiger partial charge in [0.05, 0.1) is 11.3 Å². The minimum atomic E-state index is -3.78. The molecular formula is C16H15NO6S. The molecule has 24 heavy (non-hydrogen) atoms. The Hall–Kier alpha value is -2.74. The fourth-order valence-corrected chi connectivity index (χ4v) is 3.34. The average molecular weight is 349 g/mol. The molecule has 8 heteroatoms. The van der Waals surface area contributed by atoms with Crippen LogP contribution in [0.5, 0.6) is 11.5 Å². The Labute approximate surface area is 138 Å². The van der Waals surface area contributed by atoms with Gasteiger partial charge >= 0.3 is 5.97 Å². The Morgan fingerprint density at radius 1 is 1.04 bits per heavy atom. The average Bonchev–Trinajstić information content (AvgIpc) is 2.55. The molecule has 0 unspecified atom stereocenters. The molecule has 0 saturated heterocycles. The predicted molar refractivity (Wildman–Crippen MR) is 86.0 cm³/mol. The third-order valence-electron chi connectivity index (χ3n) is 3.39. The van der Waals surface area contributed by atoms with E-state index in [1.54, 1.807) is 18.2 Å². The number of anilines is 1. The first-order valence-corrected chi connectivity index (χ1v) is 8.65. The van der Waals surface area contributed by atoms with Gasteiger partial charge in [-0.25, -0.2) is 8.42 Å². The molecular weight excluding hydrogens is 334 g/mol. The normalized spacial score (nSPS) is 13.3. The van der Waals surface area contributed by atoms with Crippen LogP contribution in [-0.4, -0.2) is 32.7 Å². The number of aliphatic carboxylic acids is 1. The molecule has 0 bridgehead atoms. The lowest BCUT2D eigenvalue weighted by Crippen LogP contribution is -2.17. The van der Waals surface area contributed by atoms with Crippen molar-refractivity contribution < 1.29 is 27.8 Å². The summed E-state index contributed by atoms with van der Waals surface area (Å²) >= 11 is 0. The lowest BCUT2D eigenvalue weighted by atomic mass is 10.1. The molecule has 0 radical (unpaired) electrons. The Balaban J connectivity index is 1.79. The van der Waals surface area contributed by atoms with Gasteiger partial charge in [-0.15, -0.1) is 0 Å². The largest absolute Gasteiger partial charge is 0.486 e. The maximum absolute atomic E-state index is 12.4. The quantitative estimate of drug-likeness (QED) is 0.855. The first-order chi connectivity index (χ1) is 11.4. The second kappa shape index (κ2) is 6.40. The highest BCUT2D eigenvalue weighted by Gasteiger charge is 2.19. The first kappa shape index (κ1) is 16.1. The van der Waals surface area contributed by atoms with Gasteiger partial charge in [-0.3, -0.25) is 9.52 Å².